The van der Waals surface area contributed by atoms with E-state index in [1.54, 1.807) is 0 Å². The zero-order chi connectivity index (χ0) is 13.1. The van der Waals surface area contributed by atoms with E-state index >= 15 is 0 Å². The van der Waals surface area contributed by atoms with E-state index in [9.17, 15) is 4.79 Å². The molecule has 0 fully saturated rings. The molecule has 0 amide bonds. The van der Waals surface area contributed by atoms with Gasteiger partial charge in [0.25, 0.3) is 0 Å². The molecular formula is C15H20O3. The minimum atomic E-state index is -0.496. The molecule has 1 atom stereocenters. The number of allylic oxidation sites excluding steroid dienone is 3. The molecule has 2 heterocycles. The molecule has 0 saturated heterocycles. The van der Waals surface area contributed by atoms with Crippen molar-refractivity contribution < 1.29 is 14.3 Å². The number of ether oxygens (including phenoxy) is 2. The molecule has 2 rings (SSSR count). The molecule has 0 unspecified atom stereocenters. The van der Waals surface area contributed by atoms with Gasteiger partial charge in [0.15, 0.2) is 0 Å². The lowest BCUT2D eigenvalue weighted by Gasteiger charge is -2.13. The standard InChI is InChI=1S/C15H20O3/c1-10-5-4-6-11(2)9-17-15-12(3)13(8-7-10)14(16)18-15/h6-7,15H,4-5,8-9H2,1-3H3/t15-/m1/s1. The van der Waals surface area contributed by atoms with Crippen LogP contribution < -0.4 is 0 Å². The Bertz CT molecular complexity index is 441. The van der Waals surface area contributed by atoms with E-state index in [1.165, 1.54) is 11.1 Å². The Kier molecular flexibility index (Phi) is 4.02. The second kappa shape index (κ2) is 5.53. The lowest BCUT2D eigenvalue weighted by atomic mass is 10.0. The molecule has 0 radical (unpaired) electrons. The van der Waals surface area contributed by atoms with Crippen LogP contribution in [0.3, 0.4) is 0 Å². The maximum Gasteiger partial charge on any atom is 0.337 e. The number of carbonyl (C=O) groups excluding carboxylic acids is 1. The van der Waals surface area contributed by atoms with Crippen LogP contribution in [0.1, 0.15) is 40.0 Å². The summed E-state index contributed by atoms with van der Waals surface area (Å²) in [5, 5.41) is 0. The lowest BCUT2D eigenvalue weighted by Crippen LogP contribution is -2.16. The smallest absolute Gasteiger partial charge is 0.337 e. The van der Waals surface area contributed by atoms with Crippen molar-refractivity contribution in [3.63, 3.8) is 0 Å². The van der Waals surface area contributed by atoms with Crippen molar-refractivity contribution in [2.75, 3.05) is 6.61 Å². The zero-order valence-corrected chi connectivity index (χ0v) is 11.3. The summed E-state index contributed by atoms with van der Waals surface area (Å²) in [6, 6.07) is 0. The molecule has 0 spiro atoms. The van der Waals surface area contributed by atoms with Gasteiger partial charge in [0.2, 0.25) is 6.29 Å². The summed E-state index contributed by atoms with van der Waals surface area (Å²) in [7, 11) is 0. The van der Waals surface area contributed by atoms with Crippen molar-refractivity contribution in [3.05, 3.63) is 34.4 Å². The fraction of sp³-hybridized carbons (Fsp3) is 0.533. The van der Waals surface area contributed by atoms with Crippen LogP contribution in [-0.2, 0) is 14.3 Å². The normalized spacial score (nSPS) is 25.9. The molecular weight excluding hydrogens is 228 g/mol. The second-order valence-electron chi connectivity index (χ2n) is 5.05. The molecule has 0 aromatic carbocycles. The highest BCUT2D eigenvalue weighted by atomic mass is 16.7. The zero-order valence-electron chi connectivity index (χ0n) is 11.3. The van der Waals surface area contributed by atoms with Gasteiger partial charge in [-0.05, 0) is 40.0 Å². The van der Waals surface area contributed by atoms with E-state index in [0.29, 0.717) is 13.0 Å². The lowest BCUT2D eigenvalue weighted by molar-refractivity contribution is -0.158. The highest BCUT2D eigenvalue weighted by Gasteiger charge is 2.31. The van der Waals surface area contributed by atoms with Crippen molar-refractivity contribution in [2.24, 2.45) is 0 Å². The molecule has 3 heteroatoms. The maximum absolute atomic E-state index is 11.8. The largest absolute Gasteiger partial charge is 0.428 e. The third kappa shape index (κ3) is 2.91. The van der Waals surface area contributed by atoms with Gasteiger partial charge in [0, 0.05) is 11.1 Å². The van der Waals surface area contributed by atoms with E-state index in [0.717, 1.165) is 24.0 Å². The van der Waals surface area contributed by atoms with Crippen LogP contribution in [0.4, 0.5) is 0 Å². The van der Waals surface area contributed by atoms with Crippen LogP contribution in [-0.4, -0.2) is 18.9 Å². The summed E-state index contributed by atoms with van der Waals surface area (Å²) >= 11 is 0. The Morgan fingerprint density at radius 1 is 1.17 bits per heavy atom. The number of fused-ring (bicyclic) bond motifs is 1. The van der Waals surface area contributed by atoms with Gasteiger partial charge < -0.3 is 9.47 Å². The number of carbonyl (C=O) groups is 1. The van der Waals surface area contributed by atoms with Crippen molar-refractivity contribution in [1.82, 2.24) is 0 Å². The average Bonchev–Trinajstić information content (AvgIpc) is 2.59. The third-order valence-corrected chi connectivity index (χ3v) is 3.44. The molecule has 98 valence electrons. The van der Waals surface area contributed by atoms with Gasteiger partial charge in [-0.15, -0.1) is 0 Å². The first kappa shape index (κ1) is 13.1. The molecule has 0 aromatic rings. The molecule has 2 aliphatic rings. The fourth-order valence-corrected chi connectivity index (χ4v) is 2.15. The monoisotopic (exact) mass is 248 g/mol. The molecule has 18 heavy (non-hydrogen) atoms. The van der Waals surface area contributed by atoms with Gasteiger partial charge in [0.05, 0.1) is 6.61 Å². The molecule has 0 aromatic heterocycles. The SMILES string of the molecule is CC1=CCC2=C(C)[C@H](OCC(C)=CCC1)OC2=O. The second-order valence-corrected chi connectivity index (χ2v) is 5.05. The summed E-state index contributed by atoms with van der Waals surface area (Å²) in [5.41, 5.74) is 4.16. The van der Waals surface area contributed by atoms with Crippen molar-refractivity contribution in [3.8, 4) is 0 Å². The highest BCUT2D eigenvalue weighted by molar-refractivity contribution is 5.92. The van der Waals surface area contributed by atoms with Crippen LogP contribution in [0.5, 0.6) is 0 Å². The molecule has 3 nitrogen and oxygen atoms in total. The summed E-state index contributed by atoms with van der Waals surface area (Å²) in [5.74, 6) is -0.234. The number of rotatable bonds is 0. The minimum absolute atomic E-state index is 0.234. The Morgan fingerprint density at radius 3 is 2.72 bits per heavy atom. The predicted octanol–water partition coefficient (Wildman–Crippen LogP) is 3.28. The highest BCUT2D eigenvalue weighted by Crippen LogP contribution is 2.27. The van der Waals surface area contributed by atoms with E-state index in [4.69, 9.17) is 9.47 Å². The number of hydrogen-bond donors (Lipinski definition) is 0. The molecule has 0 N–H and O–H groups in total. The van der Waals surface area contributed by atoms with Crippen LogP contribution in [0, 0.1) is 0 Å². The fourth-order valence-electron chi connectivity index (χ4n) is 2.15. The van der Waals surface area contributed by atoms with Crippen LogP contribution in [0.15, 0.2) is 34.4 Å². The van der Waals surface area contributed by atoms with Gasteiger partial charge in [-0.3, -0.25) is 0 Å². The molecule has 2 bridgehead atoms. The van der Waals surface area contributed by atoms with Crippen LogP contribution in [0.25, 0.3) is 0 Å². The van der Waals surface area contributed by atoms with E-state index in [1.807, 2.05) is 13.8 Å². The van der Waals surface area contributed by atoms with E-state index in [-0.39, 0.29) is 5.97 Å². The molecule has 0 saturated carbocycles. The minimum Gasteiger partial charge on any atom is -0.428 e. The third-order valence-electron chi connectivity index (χ3n) is 3.44. The predicted molar refractivity (Wildman–Crippen MR) is 69.9 cm³/mol. The quantitative estimate of drug-likeness (QED) is 0.487. The van der Waals surface area contributed by atoms with Crippen molar-refractivity contribution in [1.29, 1.82) is 0 Å². The molecule has 0 aliphatic carbocycles. The summed E-state index contributed by atoms with van der Waals surface area (Å²) in [4.78, 5) is 11.8. The van der Waals surface area contributed by atoms with Gasteiger partial charge in [-0.2, -0.15) is 0 Å². The Hall–Kier alpha value is -1.35. The number of esters is 1. The Labute approximate surface area is 108 Å². The van der Waals surface area contributed by atoms with Crippen LogP contribution >= 0.6 is 0 Å². The van der Waals surface area contributed by atoms with Gasteiger partial charge in [-0.1, -0.05) is 23.3 Å². The van der Waals surface area contributed by atoms with Gasteiger partial charge in [-0.25, -0.2) is 4.79 Å². The first-order valence-corrected chi connectivity index (χ1v) is 6.41. The maximum atomic E-state index is 11.8. The van der Waals surface area contributed by atoms with Gasteiger partial charge >= 0.3 is 5.97 Å². The average molecular weight is 248 g/mol. The Balaban J connectivity index is 2.24. The first-order chi connectivity index (χ1) is 8.58. The van der Waals surface area contributed by atoms with Crippen molar-refractivity contribution >= 4 is 5.97 Å². The number of hydrogen-bond acceptors (Lipinski definition) is 3. The summed E-state index contributed by atoms with van der Waals surface area (Å²) < 4.78 is 10.9. The summed E-state index contributed by atoms with van der Waals surface area (Å²) in [6.07, 6.45) is 6.52. The van der Waals surface area contributed by atoms with E-state index in [2.05, 4.69) is 19.1 Å². The van der Waals surface area contributed by atoms with Gasteiger partial charge in [0.1, 0.15) is 0 Å². The Morgan fingerprint density at radius 2 is 1.94 bits per heavy atom. The topological polar surface area (TPSA) is 35.5 Å². The van der Waals surface area contributed by atoms with Crippen LogP contribution in [0.2, 0.25) is 0 Å². The van der Waals surface area contributed by atoms with Crippen molar-refractivity contribution in [2.45, 2.75) is 46.3 Å². The first-order valence-electron chi connectivity index (χ1n) is 6.41. The molecule has 2 aliphatic heterocycles. The van der Waals surface area contributed by atoms with E-state index < -0.39 is 6.29 Å². The summed E-state index contributed by atoms with van der Waals surface area (Å²) in [6.45, 7) is 6.59.